The molecule has 0 amide bonds. The highest BCUT2D eigenvalue weighted by molar-refractivity contribution is 7.80. The van der Waals surface area contributed by atoms with Gasteiger partial charge in [0.25, 0.3) is 0 Å². The summed E-state index contributed by atoms with van der Waals surface area (Å²) in [5, 5.41) is 0. The van der Waals surface area contributed by atoms with Gasteiger partial charge in [0.2, 0.25) is 0 Å². The molecule has 0 bridgehead atoms. The van der Waals surface area contributed by atoms with Crippen LogP contribution in [0, 0.1) is 0 Å². The Balaban J connectivity index is 0. The average molecular weight is 311 g/mol. The first kappa shape index (κ1) is 21.3. The molecule has 0 aromatic heterocycles. The van der Waals surface area contributed by atoms with Crippen molar-refractivity contribution in [1.29, 1.82) is 0 Å². The molecule has 20 heavy (non-hydrogen) atoms. The van der Waals surface area contributed by atoms with Crippen LogP contribution in [0.25, 0.3) is 0 Å². The van der Waals surface area contributed by atoms with Crippen LogP contribution in [0.1, 0.15) is 41.0 Å². The summed E-state index contributed by atoms with van der Waals surface area (Å²) in [6.45, 7) is 12.2. The molecule has 0 rings (SSSR count). The normalized spacial score (nSPS) is 12.9. The lowest BCUT2D eigenvalue weighted by molar-refractivity contribution is -0.144. The van der Waals surface area contributed by atoms with Crippen LogP contribution in [-0.2, 0) is 24.1 Å². The molecule has 0 radical (unpaired) electrons. The molecule has 120 valence electrons. The summed E-state index contributed by atoms with van der Waals surface area (Å²) in [5.74, 6) is -0.350. The van der Waals surface area contributed by atoms with E-state index in [0.29, 0.717) is 12.0 Å². The van der Waals surface area contributed by atoms with Crippen molar-refractivity contribution in [2.45, 2.75) is 52.7 Å². The van der Waals surface area contributed by atoms with Crippen molar-refractivity contribution in [3.8, 4) is 0 Å². The number of rotatable bonds is 6. The number of esters is 1. The molecular weight excluding hydrogens is 286 g/mol. The lowest BCUT2D eigenvalue weighted by Gasteiger charge is -2.23. The predicted molar refractivity (Wildman–Crippen MR) is 76.4 cm³/mol. The Kier molecular flexibility index (Phi) is 9.67. The Bertz CT molecular complexity index is 410. The predicted octanol–water partition coefficient (Wildman–Crippen LogP) is 1.45. The van der Waals surface area contributed by atoms with Gasteiger partial charge in [-0.25, -0.2) is 8.98 Å². The lowest BCUT2D eigenvalue weighted by atomic mass is 9.99. The summed E-state index contributed by atoms with van der Waals surface area (Å²) in [4.78, 5) is 11.1. The molecule has 0 aromatic rings. The Morgan fingerprint density at radius 1 is 1.45 bits per heavy atom. The van der Waals surface area contributed by atoms with Crippen molar-refractivity contribution in [3.05, 3.63) is 12.2 Å². The molecule has 0 heterocycles. The van der Waals surface area contributed by atoms with E-state index >= 15 is 0 Å². The standard InChI is InChI=1S/C10H19NO2.C2H6O4S/c1-7(2)9(12)13-8(3)6-10(4,5)11;1-2-6-7(3,4)5/h8H,1,6,11H2,2-5H3;2H2,1H3,(H,3,4,5). The SMILES string of the molecule is C=C(C)C(=O)OC(C)CC(C)(C)N.CCOS(=O)(=O)O. The maximum atomic E-state index is 11.1. The monoisotopic (exact) mass is 311 g/mol. The van der Waals surface area contributed by atoms with Gasteiger partial charge < -0.3 is 10.5 Å². The van der Waals surface area contributed by atoms with E-state index in [9.17, 15) is 13.2 Å². The minimum Gasteiger partial charge on any atom is -0.459 e. The van der Waals surface area contributed by atoms with Crippen LogP contribution in [-0.4, -0.2) is 37.2 Å². The van der Waals surface area contributed by atoms with Crippen molar-refractivity contribution in [1.82, 2.24) is 0 Å². The number of hydrogen-bond donors (Lipinski definition) is 2. The summed E-state index contributed by atoms with van der Waals surface area (Å²) < 4.78 is 35.7. The first-order valence-corrected chi connectivity index (χ1v) is 7.42. The molecule has 0 saturated carbocycles. The molecule has 0 aliphatic rings. The molecule has 1 atom stereocenters. The number of carbonyl (C=O) groups excluding carboxylic acids is 1. The van der Waals surface area contributed by atoms with Gasteiger partial charge in [0.05, 0.1) is 6.61 Å². The van der Waals surface area contributed by atoms with Gasteiger partial charge in [-0.15, -0.1) is 0 Å². The topological polar surface area (TPSA) is 116 Å². The Morgan fingerprint density at radius 2 is 1.90 bits per heavy atom. The molecule has 0 aliphatic heterocycles. The van der Waals surface area contributed by atoms with Crippen LogP contribution < -0.4 is 5.73 Å². The highest BCUT2D eigenvalue weighted by Gasteiger charge is 2.18. The van der Waals surface area contributed by atoms with Gasteiger partial charge in [0, 0.05) is 17.5 Å². The van der Waals surface area contributed by atoms with Crippen molar-refractivity contribution in [2.24, 2.45) is 5.73 Å². The molecule has 1 unspecified atom stereocenters. The summed E-state index contributed by atoms with van der Waals surface area (Å²) >= 11 is 0. The quantitative estimate of drug-likeness (QED) is 0.433. The van der Waals surface area contributed by atoms with Crippen LogP contribution >= 0.6 is 0 Å². The maximum Gasteiger partial charge on any atom is 0.397 e. The van der Waals surface area contributed by atoms with E-state index in [4.69, 9.17) is 15.0 Å². The molecular formula is C12H25NO6S. The number of ether oxygens (including phenoxy) is 1. The third kappa shape index (κ3) is 17.0. The summed E-state index contributed by atoms with van der Waals surface area (Å²) in [6.07, 6.45) is 0.482. The third-order valence-electron chi connectivity index (χ3n) is 1.74. The van der Waals surface area contributed by atoms with Gasteiger partial charge in [-0.05, 0) is 34.6 Å². The van der Waals surface area contributed by atoms with Gasteiger partial charge in [-0.1, -0.05) is 6.58 Å². The van der Waals surface area contributed by atoms with E-state index in [1.807, 2.05) is 20.8 Å². The number of hydrogen-bond acceptors (Lipinski definition) is 6. The second-order valence-electron chi connectivity index (χ2n) is 5.02. The highest BCUT2D eigenvalue weighted by Crippen LogP contribution is 2.11. The molecule has 7 nitrogen and oxygen atoms in total. The Labute approximate surface area is 121 Å². The first-order chi connectivity index (χ1) is 8.78. The largest absolute Gasteiger partial charge is 0.459 e. The molecule has 0 fully saturated rings. The molecule has 8 heteroatoms. The number of carbonyl (C=O) groups is 1. The zero-order valence-corrected chi connectivity index (χ0v) is 13.5. The molecule has 0 saturated heterocycles. The van der Waals surface area contributed by atoms with Crippen molar-refractivity contribution in [3.63, 3.8) is 0 Å². The molecule has 0 spiro atoms. The van der Waals surface area contributed by atoms with Crippen LogP contribution in [0.4, 0.5) is 0 Å². The molecule has 0 aliphatic carbocycles. The van der Waals surface area contributed by atoms with E-state index in [-0.39, 0.29) is 24.2 Å². The van der Waals surface area contributed by atoms with E-state index < -0.39 is 10.4 Å². The van der Waals surface area contributed by atoms with Gasteiger partial charge >= 0.3 is 16.4 Å². The van der Waals surface area contributed by atoms with Crippen LogP contribution in [0.3, 0.4) is 0 Å². The fourth-order valence-electron chi connectivity index (χ4n) is 1.21. The van der Waals surface area contributed by atoms with Gasteiger partial charge in [0.15, 0.2) is 0 Å². The average Bonchev–Trinajstić information content (AvgIpc) is 2.12. The van der Waals surface area contributed by atoms with Crippen LogP contribution in [0.2, 0.25) is 0 Å². The van der Waals surface area contributed by atoms with Gasteiger partial charge in [0.1, 0.15) is 6.10 Å². The van der Waals surface area contributed by atoms with Crippen LogP contribution in [0.15, 0.2) is 12.2 Å². The first-order valence-electron chi connectivity index (χ1n) is 6.05. The van der Waals surface area contributed by atoms with E-state index in [0.717, 1.165) is 0 Å². The summed E-state index contributed by atoms with van der Waals surface area (Å²) in [6, 6.07) is 0. The fourth-order valence-corrected chi connectivity index (χ4v) is 1.51. The zero-order chi connectivity index (χ0) is 16.6. The summed E-state index contributed by atoms with van der Waals surface area (Å²) in [7, 11) is -4.17. The second kappa shape index (κ2) is 9.06. The Hall–Kier alpha value is -0.960. The van der Waals surface area contributed by atoms with Gasteiger partial charge in [-0.2, -0.15) is 8.42 Å². The lowest BCUT2D eigenvalue weighted by Crippen LogP contribution is -2.36. The fraction of sp³-hybridized carbons (Fsp3) is 0.750. The smallest absolute Gasteiger partial charge is 0.397 e. The Morgan fingerprint density at radius 3 is 2.10 bits per heavy atom. The number of nitrogens with two attached hydrogens (primary N) is 1. The van der Waals surface area contributed by atoms with Crippen LogP contribution in [0.5, 0.6) is 0 Å². The van der Waals surface area contributed by atoms with E-state index in [1.165, 1.54) is 6.92 Å². The van der Waals surface area contributed by atoms with E-state index in [2.05, 4.69) is 10.8 Å². The minimum absolute atomic E-state index is 0.0289. The molecule has 3 N–H and O–H groups in total. The van der Waals surface area contributed by atoms with Crippen molar-refractivity contribution < 1.29 is 26.7 Å². The minimum atomic E-state index is -4.17. The third-order valence-corrected chi connectivity index (χ3v) is 2.27. The van der Waals surface area contributed by atoms with Crippen molar-refractivity contribution >= 4 is 16.4 Å². The second-order valence-corrected chi connectivity index (χ2v) is 6.11. The van der Waals surface area contributed by atoms with Crippen molar-refractivity contribution in [2.75, 3.05) is 6.61 Å². The van der Waals surface area contributed by atoms with E-state index in [1.54, 1.807) is 6.92 Å². The zero-order valence-electron chi connectivity index (χ0n) is 12.7. The maximum absolute atomic E-state index is 11.1. The van der Waals surface area contributed by atoms with Gasteiger partial charge in [-0.3, -0.25) is 4.55 Å². The highest BCUT2D eigenvalue weighted by atomic mass is 32.3. The molecule has 0 aromatic carbocycles. The summed E-state index contributed by atoms with van der Waals surface area (Å²) in [5.41, 5.74) is 5.88.